The van der Waals surface area contributed by atoms with Gasteiger partial charge in [-0.15, -0.1) is 11.3 Å². The van der Waals surface area contributed by atoms with E-state index in [0.29, 0.717) is 11.3 Å². The van der Waals surface area contributed by atoms with Crippen molar-refractivity contribution in [3.63, 3.8) is 0 Å². The van der Waals surface area contributed by atoms with Crippen LogP contribution in [0.3, 0.4) is 0 Å². The zero-order chi connectivity index (χ0) is 19.8. The van der Waals surface area contributed by atoms with Crippen LogP contribution in [0.25, 0.3) is 0 Å². The summed E-state index contributed by atoms with van der Waals surface area (Å²) in [5.74, 6) is -1.79. The quantitative estimate of drug-likeness (QED) is 0.639. The van der Waals surface area contributed by atoms with Crippen LogP contribution in [0.5, 0.6) is 0 Å². The predicted octanol–water partition coefficient (Wildman–Crippen LogP) is 3.10. The third-order valence-electron chi connectivity index (χ3n) is 4.25. The Balaban J connectivity index is 2.06. The van der Waals surface area contributed by atoms with Crippen molar-refractivity contribution in [2.24, 2.45) is 0 Å². The van der Waals surface area contributed by atoms with Gasteiger partial charge in [0.2, 0.25) is 11.6 Å². The van der Waals surface area contributed by atoms with Gasteiger partial charge in [-0.3, -0.25) is 4.79 Å². The van der Waals surface area contributed by atoms with Crippen molar-refractivity contribution in [3.8, 4) is 0 Å². The van der Waals surface area contributed by atoms with E-state index in [1.165, 1.54) is 37.3 Å². The Bertz CT molecular complexity index is 839. The van der Waals surface area contributed by atoms with Crippen molar-refractivity contribution in [2.75, 3.05) is 5.32 Å². The van der Waals surface area contributed by atoms with Crippen molar-refractivity contribution < 1.29 is 27.9 Å². The van der Waals surface area contributed by atoms with Crippen LogP contribution in [0.15, 0.2) is 41.8 Å². The molecule has 0 aliphatic carbocycles. The maximum atomic E-state index is 13.7. The van der Waals surface area contributed by atoms with E-state index in [4.69, 9.17) is 0 Å². The minimum absolute atomic E-state index is 0.262. The number of hydrogen-bond donors (Lipinski definition) is 4. The van der Waals surface area contributed by atoms with Gasteiger partial charge >= 0.3 is 12.2 Å². The molecular formula is C17H16F3N3O3S. The molecule has 1 aromatic carbocycles. The largest absolute Gasteiger partial charge is 0.437 e. The summed E-state index contributed by atoms with van der Waals surface area (Å²) in [4.78, 5) is 23.3. The molecule has 2 heterocycles. The monoisotopic (exact) mass is 399 g/mol. The van der Waals surface area contributed by atoms with Gasteiger partial charge < -0.3 is 21.1 Å². The Hall–Kier alpha value is -2.59. The SMILES string of the molecule is CC(=O)Nc1ccc(C2NC(=O)NC(O)(C(F)(F)F)C2c2cccs2)cc1. The first kappa shape index (κ1) is 19.2. The highest BCUT2D eigenvalue weighted by molar-refractivity contribution is 7.10. The highest BCUT2D eigenvalue weighted by atomic mass is 32.1. The topological polar surface area (TPSA) is 90.5 Å². The molecular weight excluding hydrogens is 383 g/mol. The van der Waals surface area contributed by atoms with Gasteiger partial charge in [-0.2, -0.15) is 13.2 Å². The van der Waals surface area contributed by atoms with Crippen LogP contribution in [0, 0.1) is 0 Å². The molecule has 3 unspecified atom stereocenters. The molecule has 0 spiro atoms. The summed E-state index contributed by atoms with van der Waals surface area (Å²) in [6, 6.07) is 6.83. The van der Waals surface area contributed by atoms with Gasteiger partial charge in [-0.05, 0) is 29.1 Å². The maximum absolute atomic E-state index is 13.7. The van der Waals surface area contributed by atoms with Crippen molar-refractivity contribution in [1.29, 1.82) is 0 Å². The van der Waals surface area contributed by atoms with Gasteiger partial charge in [-0.25, -0.2) is 4.79 Å². The molecule has 4 N–H and O–H groups in total. The number of benzene rings is 1. The molecule has 3 atom stereocenters. The standard InChI is InChI=1S/C17H16F3N3O3S/c1-9(24)21-11-6-4-10(5-7-11)14-13(12-3-2-8-27-12)16(26,17(18,19)20)23-15(25)22-14/h2-8,13-14,26H,1H3,(H,21,24)(H2,22,23,25). The maximum Gasteiger partial charge on any atom is 0.437 e. The first-order chi connectivity index (χ1) is 12.6. The molecule has 1 saturated heterocycles. The molecule has 1 aliphatic heterocycles. The van der Waals surface area contributed by atoms with E-state index >= 15 is 0 Å². The Kier molecular flexibility index (Phi) is 4.87. The Morgan fingerprint density at radius 2 is 1.93 bits per heavy atom. The minimum Gasteiger partial charge on any atom is -0.363 e. The minimum atomic E-state index is -5.09. The normalized spacial score (nSPS) is 25.4. The number of alkyl halides is 3. The lowest BCUT2D eigenvalue weighted by atomic mass is 9.81. The number of amides is 3. The number of urea groups is 1. The molecule has 0 radical (unpaired) electrons. The number of carbonyl (C=O) groups is 2. The van der Waals surface area contributed by atoms with Crippen LogP contribution in [0.1, 0.15) is 29.3 Å². The fourth-order valence-corrected chi connectivity index (χ4v) is 4.02. The molecule has 0 bridgehead atoms. The van der Waals surface area contributed by atoms with Crippen molar-refractivity contribution in [2.45, 2.75) is 30.8 Å². The number of aliphatic hydroxyl groups is 1. The van der Waals surface area contributed by atoms with Crippen molar-refractivity contribution in [3.05, 3.63) is 52.2 Å². The zero-order valence-corrected chi connectivity index (χ0v) is 14.8. The van der Waals surface area contributed by atoms with Crippen molar-refractivity contribution >= 4 is 29.0 Å². The fourth-order valence-electron chi connectivity index (χ4n) is 3.09. The van der Waals surface area contributed by atoms with E-state index in [-0.39, 0.29) is 10.8 Å². The Morgan fingerprint density at radius 1 is 1.26 bits per heavy atom. The van der Waals surface area contributed by atoms with Crippen LogP contribution in [0.2, 0.25) is 0 Å². The Labute approximate surface area is 156 Å². The van der Waals surface area contributed by atoms with Gasteiger partial charge in [0.1, 0.15) is 0 Å². The first-order valence-corrected chi connectivity index (χ1v) is 8.78. The molecule has 1 fully saturated rings. The summed E-state index contributed by atoms with van der Waals surface area (Å²) < 4.78 is 41.1. The first-order valence-electron chi connectivity index (χ1n) is 7.90. The summed E-state index contributed by atoms with van der Waals surface area (Å²) in [6.07, 6.45) is -5.09. The number of rotatable bonds is 3. The molecule has 3 amide bonds. The summed E-state index contributed by atoms with van der Waals surface area (Å²) >= 11 is 1.05. The summed E-state index contributed by atoms with van der Waals surface area (Å²) in [6.45, 7) is 1.33. The lowest BCUT2D eigenvalue weighted by Gasteiger charge is -2.45. The molecule has 0 saturated carbocycles. The highest BCUT2D eigenvalue weighted by Gasteiger charge is 2.64. The fraction of sp³-hybridized carbons (Fsp3) is 0.294. The van der Waals surface area contributed by atoms with E-state index in [1.54, 1.807) is 16.8 Å². The van der Waals surface area contributed by atoms with Crippen LogP contribution >= 0.6 is 11.3 Å². The molecule has 2 aromatic rings. The third-order valence-corrected chi connectivity index (χ3v) is 5.20. The lowest BCUT2D eigenvalue weighted by molar-refractivity contribution is -0.282. The van der Waals surface area contributed by atoms with E-state index in [9.17, 15) is 27.9 Å². The van der Waals surface area contributed by atoms with Crippen LogP contribution in [0.4, 0.5) is 23.7 Å². The third kappa shape index (κ3) is 3.62. The molecule has 1 aromatic heterocycles. The zero-order valence-electron chi connectivity index (χ0n) is 14.0. The second-order valence-corrected chi connectivity index (χ2v) is 7.12. The molecule has 3 rings (SSSR count). The summed E-state index contributed by atoms with van der Waals surface area (Å²) in [5, 5.41) is 18.7. The van der Waals surface area contributed by atoms with Crippen molar-refractivity contribution in [1.82, 2.24) is 10.6 Å². The average molecular weight is 399 g/mol. The molecule has 144 valence electrons. The Morgan fingerprint density at radius 3 is 2.44 bits per heavy atom. The van der Waals surface area contributed by atoms with E-state index in [2.05, 4.69) is 10.6 Å². The van der Waals surface area contributed by atoms with E-state index in [0.717, 1.165) is 11.3 Å². The molecule has 27 heavy (non-hydrogen) atoms. The summed E-state index contributed by atoms with van der Waals surface area (Å²) in [5.41, 5.74) is -2.61. The number of carbonyl (C=O) groups excluding carboxylic acids is 2. The number of anilines is 1. The van der Waals surface area contributed by atoms with Crippen LogP contribution in [-0.4, -0.2) is 28.9 Å². The average Bonchev–Trinajstić information content (AvgIpc) is 3.07. The van der Waals surface area contributed by atoms with Gasteiger partial charge in [0, 0.05) is 17.5 Å². The smallest absolute Gasteiger partial charge is 0.363 e. The van der Waals surface area contributed by atoms with Gasteiger partial charge in [0.15, 0.2) is 0 Å². The second-order valence-electron chi connectivity index (χ2n) is 6.14. The second kappa shape index (κ2) is 6.86. The number of halogens is 3. The number of thiophene rings is 1. The van der Waals surface area contributed by atoms with Crippen LogP contribution in [-0.2, 0) is 4.79 Å². The van der Waals surface area contributed by atoms with E-state index < -0.39 is 29.9 Å². The van der Waals surface area contributed by atoms with Gasteiger partial charge in [0.25, 0.3) is 0 Å². The molecule has 10 heteroatoms. The highest BCUT2D eigenvalue weighted by Crippen LogP contribution is 2.49. The predicted molar refractivity (Wildman–Crippen MR) is 93.2 cm³/mol. The molecule has 6 nitrogen and oxygen atoms in total. The lowest BCUT2D eigenvalue weighted by Crippen LogP contribution is -2.70. The number of hydrogen-bond acceptors (Lipinski definition) is 4. The van der Waals surface area contributed by atoms with Gasteiger partial charge in [0.05, 0.1) is 12.0 Å². The molecule has 1 aliphatic rings. The van der Waals surface area contributed by atoms with Gasteiger partial charge in [-0.1, -0.05) is 18.2 Å². The summed E-state index contributed by atoms with van der Waals surface area (Å²) in [7, 11) is 0. The van der Waals surface area contributed by atoms with Crippen LogP contribution < -0.4 is 16.0 Å². The number of nitrogens with one attached hydrogen (secondary N) is 3. The van der Waals surface area contributed by atoms with E-state index in [1.807, 2.05) is 0 Å².